The largest absolute Gasteiger partial charge is 0.325 e. The van der Waals surface area contributed by atoms with E-state index in [1.54, 1.807) is 36.7 Å². The van der Waals surface area contributed by atoms with Crippen LogP contribution in [0.1, 0.15) is 17.0 Å². The SMILES string of the molecule is Cc1ccc(N(Cc2nnc(SCC(=O)Nc3cccc(F)c3C)n2C)S(C)(=O)=O)cc1. The van der Waals surface area contributed by atoms with Gasteiger partial charge in [-0.15, -0.1) is 10.2 Å². The molecule has 0 saturated heterocycles. The summed E-state index contributed by atoms with van der Waals surface area (Å²) in [4.78, 5) is 12.3. The third-order valence-corrected chi connectivity index (χ3v) is 6.97. The molecule has 0 aliphatic carbocycles. The number of hydrogen-bond acceptors (Lipinski definition) is 6. The summed E-state index contributed by atoms with van der Waals surface area (Å²) in [5.74, 6) is -0.238. The molecule has 11 heteroatoms. The Labute approximate surface area is 190 Å². The fraction of sp³-hybridized carbons (Fsp3) is 0.286. The first-order valence-corrected chi connectivity index (χ1v) is 12.5. The maximum atomic E-state index is 13.6. The van der Waals surface area contributed by atoms with Crippen LogP contribution in [0.2, 0.25) is 0 Å². The smallest absolute Gasteiger partial charge is 0.234 e. The highest BCUT2D eigenvalue weighted by atomic mass is 32.2. The van der Waals surface area contributed by atoms with Crippen LogP contribution in [-0.2, 0) is 28.4 Å². The van der Waals surface area contributed by atoms with Crippen LogP contribution in [0.3, 0.4) is 0 Å². The van der Waals surface area contributed by atoms with Gasteiger partial charge in [0.05, 0.1) is 24.2 Å². The number of thioether (sulfide) groups is 1. The lowest BCUT2D eigenvalue weighted by molar-refractivity contribution is -0.113. The first-order chi connectivity index (χ1) is 15.1. The molecule has 0 spiro atoms. The van der Waals surface area contributed by atoms with Gasteiger partial charge in [-0.1, -0.05) is 35.5 Å². The normalized spacial score (nSPS) is 11.4. The highest BCUT2D eigenvalue weighted by molar-refractivity contribution is 7.99. The van der Waals surface area contributed by atoms with Crippen molar-refractivity contribution in [2.24, 2.45) is 7.05 Å². The molecule has 8 nitrogen and oxygen atoms in total. The van der Waals surface area contributed by atoms with Crippen molar-refractivity contribution in [3.05, 3.63) is 65.2 Å². The second-order valence-electron chi connectivity index (χ2n) is 7.31. The van der Waals surface area contributed by atoms with Crippen molar-refractivity contribution in [1.29, 1.82) is 0 Å². The fourth-order valence-electron chi connectivity index (χ4n) is 2.91. The molecule has 0 unspecified atom stereocenters. The van der Waals surface area contributed by atoms with E-state index in [0.717, 1.165) is 23.6 Å². The number of aryl methyl sites for hydroxylation is 1. The zero-order valence-corrected chi connectivity index (χ0v) is 19.8. The zero-order chi connectivity index (χ0) is 23.5. The average molecular weight is 478 g/mol. The zero-order valence-electron chi connectivity index (χ0n) is 18.2. The summed E-state index contributed by atoms with van der Waals surface area (Å²) in [6.45, 7) is 3.52. The maximum absolute atomic E-state index is 13.6. The molecule has 3 aromatic rings. The van der Waals surface area contributed by atoms with Gasteiger partial charge < -0.3 is 9.88 Å². The Morgan fingerprint density at radius 3 is 2.50 bits per heavy atom. The van der Waals surface area contributed by atoms with Crippen LogP contribution in [0.5, 0.6) is 0 Å². The number of nitrogens with zero attached hydrogens (tertiary/aromatic N) is 4. The van der Waals surface area contributed by atoms with Crippen LogP contribution in [0.4, 0.5) is 15.8 Å². The highest BCUT2D eigenvalue weighted by Gasteiger charge is 2.21. The molecule has 170 valence electrons. The summed E-state index contributed by atoms with van der Waals surface area (Å²) in [7, 11) is -1.84. The second-order valence-corrected chi connectivity index (χ2v) is 10.2. The standard InChI is InChI=1S/C21H24FN5O3S2/c1-14-8-10-16(11-9-14)27(32(4,29)30)12-19-24-25-21(26(19)3)31-13-20(28)23-18-7-5-6-17(22)15(18)2/h5-11H,12-13H2,1-4H3,(H,23,28). The number of aromatic nitrogens is 3. The van der Waals surface area contributed by atoms with Crippen molar-refractivity contribution in [2.75, 3.05) is 21.6 Å². The van der Waals surface area contributed by atoms with Gasteiger partial charge in [-0.3, -0.25) is 9.10 Å². The molecule has 3 rings (SSSR count). The molecule has 0 aliphatic rings. The summed E-state index contributed by atoms with van der Waals surface area (Å²) in [5, 5.41) is 11.3. The predicted octanol–water partition coefficient (Wildman–Crippen LogP) is 3.27. The second kappa shape index (κ2) is 9.70. The number of anilines is 2. The predicted molar refractivity (Wildman–Crippen MR) is 124 cm³/mol. The lowest BCUT2D eigenvalue weighted by Crippen LogP contribution is -2.30. The lowest BCUT2D eigenvalue weighted by atomic mass is 10.2. The molecular weight excluding hydrogens is 453 g/mol. The molecule has 0 fully saturated rings. The number of carbonyl (C=O) groups excluding carboxylic acids is 1. The van der Waals surface area contributed by atoms with Gasteiger partial charge in [-0.2, -0.15) is 0 Å². The average Bonchev–Trinajstić information content (AvgIpc) is 3.07. The van der Waals surface area contributed by atoms with E-state index in [1.165, 1.54) is 16.4 Å². The van der Waals surface area contributed by atoms with E-state index >= 15 is 0 Å². The van der Waals surface area contributed by atoms with Gasteiger partial charge in [0, 0.05) is 18.3 Å². The van der Waals surface area contributed by atoms with E-state index < -0.39 is 15.8 Å². The Kier molecular flexibility index (Phi) is 7.19. The van der Waals surface area contributed by atoms with E-state index in [-0.39, 0.29) is 18.2 Å². The van der Waals surface area contributed by atoms with Crippen LogP contribution in [0, 0.1) is 19.7 Å². The van der Waals surface area contributed by atoms with Crippen LogP contribution >= 0.6 is 11.8 Å². The number of nitrogens with one attached hydrogen (secondary N) is 1. The number of amides is 1. The first kappa shape index (κ1) is 23.7. The summed E-state index contributed by atoms with van der Waals surface area (Å²) in [6, 6.07) is 11.6. The quantitative estimate of drug-likeness (QED) is 0.500. The van der Waals surface area contributed by atoms with Gasteiger partial charge in [0.15, 0.2) is 11.0 Å². The molecule has 0 aliphatic heterocycles. The van der Waals surface area contributed by atoms with Crippen molar-refractivity contribution in [3.63, 3.8) is 0 Å². The number of carbonyl (C=O) groups is 1. The van der Waals surface area contributed by atoms with Gasteiger partial charge in [0.25, 0.3) is 0 Å². The molecule has 32 heavy (non-hydrogen) atoms. The van der Waals surface area contributed by atoms with E-state index in [9.17, 15) is 17.6 Å². The number of hydrogen-bond donors (Lipinski definition) is 1. The molecule has 0 radical (unpaired) electrons. The Hall–Kier alpha value is -2.92. The van der Waals surface area contributed by atoms with Crippen molar-refractivity contribution >= 4 is 39.1 Å². The van der Waals surface area contributed by atoms with Gasteiger partial charge in [-0.05, 0) is 38.1 Å². The minimum Gasteiger partial charge on any atom is -0.325 e. The highest BCUT2D eigenvalue weighted by Crippen LogP contribution is 2.23. The van der Waals surface area contributed by atoms with E-state index in [1.807, 2.05) is 19.1 Å². The van der Waals surface area contributed by atoms with Gasteiger partial charge >= 0.3 is 0 Å². The first-order valence-electron chi connectivity index (χ1n) is 9.66. The third kappa shape index (κ3) is 5.65. The molecule has 1 N–H and O–H groups in total. The molecule has 2 aromatic carbocycles. The third-order valence-electron chi connectivity index (χ3n) is 4.81. The number of halogens is 1. The van der Waals surface area contributed by atoms with E-state index in [0.29, 0.717) is 27.9 Å². The molecule has 1 aromatic heterocycles. The molecule has 1 amide bonds. The summed E-state index contributed by atoms with van der Waals surface area (Å²) >= 11 is 1.15. The Morgan fingerprint density at radius 1 is 1.16 bits per heavy atom. The summed E-state index contributed by atoms with van der Waals surface area (Å²) in [5.41, 5.74) is 2.33. The summed E-state index contributed by atoms with van der Waals surface area (Å²) < 4.78 is 41.3. The molecule has 0 saturated carbocycles. The topological polar surface area (TPSA) is 97.2 Å². The summed E-state index contributed by atoms with van der Waals surface area (Å²) in [6.07, 6.45) is 1.14. The van der Waals surface area contributed by atoms with Crippen molar-refractivity contribution in [3.8, 4) is 0 Å². The molecule has 0 atom stereocenters. The van der Waals surface area contributed by atoms with Crippen LogP contribution in [0.15, 0.2) is 47.6 Å². The minimum atomic E-state index is -3.55. The molecule has 0 bridgehead atoms. The van der Waals surface area contributed by atoms with Crippen LogP contribution in [0.25, 0.3) is 0 Å². The number of rotatable bonds is 8. The van der Waals surface area contributed by atoms with Gasteiger partial charge in [0.1, 0.15) is 5.82 Å². The Morgan fingerprint density at radius 2 is 1.84 bits per heavy atom. The van der Waals surface area contributed by atoms with Gasteiger partial charge in [-0.25, -0.2) is 12.8 Å². The molecular formula is C21H24FN5O3S2. The van der Waals surface area contributed by atoms with E-state index in [4.69, 9.17) is 0 Å². The number of benzene rings is 2. The molecule has 1 heterocycles. The van der Waals surface area contributed by atoms with Crippen LogP contribution < -0.4 is 9.62 Å². The monoisotopic (exact) mass is 477 g/mol. The minimum absolute atomic E-state index is 0.000633. The maximum Gasteiger partial charge on any atom is 0.234 e. The lowest BCUT2D eigenvalue weighted by Gasteiger charge is -2.22. The number of sulfonamides is 1. The van der Waals surface area contributed by atoms with Crippen molar-refractivity contribution in [1.82, 2.24) is 14.8 Å². The van der Waals surface area contributed by atoms with Crippen molar-refractivity contribution < 1.29 is 17.6 Å². The van der Waals surface area contributed by atoms with Crippen molar-refractivity contribution in [2.45, 2.75) is 25.5 Å². The van der Waals surface area contributed by atoms with E-state index in [2.05, 4.69) is 15.5 Å². The van der Waals surface area contributed by atoms with Gasteiger partial charge in [0.2, 0.25) is 15.9 Å². The Bertz CT molecular complexity index is 1230. The fourth-order valence-corrected chi connectivity index (χ4v) is 4.49. The Balaban J connectivity index is 1.69. The van der Waals surface area contributed by atoms with Crippen LogP contribution in [-0.4, -0.2) is 41.1 Å².